The molecule has 0 aliphatic heterocycles. The van der Waals surface area contributed by atoms with Gasteiger partial charge < -0.3 is 0 Å². The Hall–Kier alpha value is -0.820. The normalized spacial score (nSPS) is 24.9. The smallest absolute Gasteiger partial charge is 0.136 e. The summed E-state index contributed by atoms with van der Waals surface area (Å²) in [6, 6.07) is 7.88. The van der Waals surface area contributed by atoms with Crippen LogP contribution in [0.3, 0.4) is 0 Å². The molecule has 1 fully saturated rings. The topological polar surface area (TPSA) is 17.1 Å². The van der Waals surface area contributed by atoms with Crippen LogP contribution in [0.25, 0.3) is 0 Å². The number of halogens is 1. The molecule has 1 aliphatic carbocycles. The fourth-order valence-corrected chi connectivity index (χ4v) is 2.93. The summed E-state index contributed by atoms with van der Waals surface area (Å²) < 4.78 is 0. The van der Waals surface area contributed by atoms with Crippen LogP contribution in [0.5, 0.6) is 0 Å². The Morgan fingerprint density at radius 1 is 1.41 bits per heavy atom. The number of hydrogen-bond acceptors (Lipinski definition) is 1. The van der Waals surface area contributed by atoms with Gasteiger partial charge in [-0.15, -0.1) is 0 Å². The fraction of sp³-hybridized carbons (Fsp3) is 0.533. The summed E-state index contributed by atoms with van der Waals surface area (Å²) in [5.41, 5.74) is 1.19. The first-order valence-electron chi connectivity index (χ1n) is 6.46. The largest absolute Gasteiger partial charge is 0.299 e. The van der Waals surface area contributed by atoms with Gasteiger partial charge in [-0.25, -0.2) is 0 Å². The molecule has 0 amide bonds. The summed E-state index contributed by atoms with van der Waals surface area (Å²) >= 11 is 5.97. The van der Waals surface area contributed by atoms with Crippen molar-refractivity contribution in [1.29, 1.82) is 0 Å². The van der Waals surface area contributed by atoms with Crippen molar-refractivity contribution in [2.45, 2.75) is 39.0 Å². The number of ketones is 1. The van der Waals surface area contributed by atoms with Crippen LogP contribution in [0.1, 0.15) is 38.2 Å². The van der Waals surface area contributed by atoms with E-state index in [0.717, 1.165) is 36.6 Å². The zero-order chi connectivity index (χ0) is 12.3. The number of Topliss-reactive ketones (excluding diaryl/α,β-unsaturated/α-hetero) is 1. The van der Waals surface area contributed by atoms with Crippen molar-refractivity contribution in [3.05, 3.63) is 34.9 Å². The Morgan fingerprint density at radius 2 is 2.24 bits per heavy atom. The number of carbonyl (C=O) groups excluding carboxylic acids is 1. The van der Waals surface area contributed by atoms with E-state index in [1.807, 2.05) is 18.2 Å². The van der Waals surface area contributed by atoms with Gasteiger partial charge in [0.2, 0.25) is 0 Å². The van der Waals surface area contributed by atoms with Crippen LogP contribution in [-0.2, 0) is 11.2 Å². The molecular weight excluding hydrogens is 232 g/mol. The highest BCUT2D eigenvalue weighted by Gasteiger charge is 2.27. The standard InChI is InChI=1S/C15H19ClO/c1-2-11-6-7-15(17)13(8-11)9-12-4-3-5-14(16)10-12/h3-5,10-11,13H,2,6-9H2,1H3. The highest BCUT2D eigenvalue weighted by atomic mass is 35.5. The number of hydrogen-bond donors (Lipinski definition) is 0. The molecule has 0 N–H and O–H groups in total. The van der Waals surface area contributed by atoms with E-state index in [0.29, 0.717) is 5.78 Å². The Morgan fingerprint density at radius 3 is 2.94 bits per heavy atom. The van der Waals surface area contributed by atoms with E-state index in [2.05, 4.69) is 13.0 Å². The summed E-state index contributed by atoms with van der Waals surface area (Å²) in [7, 11) is 0. The lowest BCUT2D eigenvalue weighted by Crippen LogP contribution is -2.26. The van der Waals surface area contributed by atoms with Gasteiger partial charge in [0.1, 0.15) is 5.78 Å². The maximum atomic E-state index is 11.9. The second-order valence-corrected chi connectivity index (χ2v) is 5.48. The van der Waals surface area contributed by atoms with Gasteiger partial charge in [-0.05, 0) is 42.9 Å². The van der Waals surface area contributed by atoms with Crippen LogP contribution in [0.2, 0.25) is 5.02 Å². The molecule has 0 heterocycles. The molecule has 2 atom stereocenters. The molecule has 17 heavy (non-hydrogen) atoms. The number of carbonyl (C=O) groups is 1. The van der Waals surface area contributed by atoms with Crippen LogP contribution in [0.15, 0.2) is 24.3 Å². The van der Waals surface area contributed by atoms with E-state index in [-0.39, 0.29) is 5.92 Å². The molecule has 1 aromatic carbocycles. The molecule has 1 aliphatic rings. The molecule has 0 bridgehead atoms. The van der Waals surface area contributed by atoms with Gasteiger partial charge in [0.25, 0.3) is 0 Å². The van der Waals surface area contributed by atoms with Gasteiger partial charge in [-0.2, -0.15) is 0 Å². The predicted molar refractivity (Wildman–Crippen MR) is 71.3 cm³/mol. The third kappa shape index (κ3) is 3.32. The molecule has 2 unspecified atom stereocenters. The quantitative estimate of drug-likeness (QED) is 0.783. The van der Waals surface area contributed by atoms with Gasteiger partial charge >= 0.3 is 0 Å². The van der Waals surface area contributed by atoms with Crippen molar-refractivity contribution in [2.75, 3.05) is 0 Å². The van der Waals surface area contributed by atoms with Gasteiger partial charge in [-0.1, -0.05) is 37.1 Å². The van der Waals surface area contributed by atoms with E-state index in [9.17, 15) is 4.79 Å². The zero-order valence-corrected chi connectivity index (χ0v) is 11.0. The van der Waals surface area contributed by atoms with Crippen molar-refractivity contribution in [3.63, 3.8) is 0 Å². The molecule has 1 saturated carbocycles. The average Bonchev–Trinajstić information content (AvgIpc) is 2.32. The zero-order valence-electron chi connectivity index (χ0n) is 10.3. The molecular formula is C15H19ClO. The highest BCUT2D eigenvalue weighted by Crippen LogP contribution is 2.31. The summed E-state index contributed by atoms with van der Waals surface area (Å²) in [5, 5.41) is 0.762. The van der Waals surface area contributed by atoms with Crippen LogP contribution in [-0.4, -0.2) is 5.78 Å². The molecule has 2 rings (SSSR count). The molecule has 0 aromatic heterocycles. The molecule has 1 nitrogen and oxygen atoms in total. The molecule has 0 saturated heterocycles. The summed E-state index contributed by atoms with van der Waals surface area (Å²) in [6.45, 7) is 2.22. The predicted octanol–water partition coefficient (Wildman–Crippen LogP) is 4.28. The van der Waals surface area contributed by atoms with Crippen LogP contribution in [0.4, 0.5) is 0 Å². The van der Waals surface area contributed by atoms with Crippen molar-refractivity contribution < 1.29 is 4.79 Å². The Kier molecular flexibility index (Phi) is 4.22. The monoisotopic (exact) mass is 250 g/mol. The molecule has 0 radical (unpaired) electrons. The minimum absolute atomic E-state index is 0.215. The SMILES string of the molecule is CCC1CCC(=O)C(Cc2cccc(Cl)c2)C1. The maximum Gasteiger partial charge on any atom is 0.136 e. The number of benzene rings is 1. The second-order valence-electron chi connectivity index (χ2n) is 5.05. The molecule has 1 aromatic rings. The lowest BCUT2D eigenvalue weighted by Gasteiger charge is -2.27. The van der Waals surface area contributed by atoms with E-state index in [4.69, 9.17) is 11.6 Å². The van der Waals surface area contributed by atoms with Crippen molar-refractivity contribution in [2.24, 2.45) is 11.8 Å². The molecule has 92 valence electrons. The first kappa shape index (κ1) is 12.6. The van der Waals surface area contributed by atoms with Gasteiger partial charge in [0.15, 0.2) is 0 Å². The Bertz CT molecular complexity index is 400. The average molecular weight is 251 g/mol. The minimum atomic E-state index is 0.215. The van der Waals surface area contributed by atoms with E-state index in [1.165, 1.54) is 12.0 Å². The van der Waals surface area contributed by atoms with E-state index >= 15 is 0 Å². The first-order valence-corrected chi connectivity index (χ1v) is 6.84. The summed E-state index contributed by atoms with van der Waals surface area (Å²) in [6.07, 6.45) is 4.96. The Balaban J connectivity index is 2.04. The van der Waals surface area contributed by atoms with Crippen LogP contribution >= 0.6 is 11.6 Å². The lowest BCUT2D eigenvalue weighted by atomic mass is 9.77. The van der Waals surface area contributed by atoms with Crippen molar-refractivity contribution in [1.82, 2.24) is 0 Å². The van der Waals surface area contributed by atoms with Gasteiger partial charge in [-0.3, -0.25) is 4.79 Å². The van der Waals surface area contributed by atoms with Crippen LogP contribution in [0, 0.1) is 11.8 Å². The molecule has 2 heteroatoms. The van der Waals surface area contributed by atoms with Crippen molar-refractivity contribution in [3.8, 4) is 0 Å². The molecule has 0 spiro atoms. The number of rotatable bonds is 3. The summed E-state index contributed by atoms with van der Waals surface area (Å²) in [5.74, 6) is 1.39. The summed E-state index contributed by atoms with van der Waals surface area (Å²) in [4.78, 5) is 11.9. The third-order valence-corrected chi connectivity index (χ3v) is 4.06. The first-order chi connectivity index (χ1) is 8.19. The minimum Gasteiger partial charge on any atom is -0.299 e. The fourth-order valence-electron chi connectivity index (χ4n) is 2.72. The van der Waals surface area contributed by atoms with Crippen molar-refractivity contribution >= 4 is 17.4 Å². The van der Waals surface area contributed by atoms with Crippen LogP contribution < -0.4 is 0 Å². The second kappa shape index (κ2) is 5.68. The van der Waals surface area contributed by atoms with Gasteiger partial charge in [0.05, 0.1) is 0 Å². The third-order valence-electron chi connectivity index (χ3n) is 3.82. The lowest BCUT2D eigenvalue weighted by molar-refractivity contribution is -0.125. The van der Waals surface area contributed by atoms with E-state index < -0.39 is 0 Å². The Labute approximate surface area is 108 Å². The maximum absolute atomic E-state index is 11.9. The highest BCUT2D eigenvalue weighted by molar-refractivity contribution is 6.30. The van der Waals surface area contributed by atoms with Gasteiger partial charge in [0, 0.05) is 17.4 Å². The van der Waals surface area contributed by atoms with E-state index in [1.54, 1.807) is 0 Å².